The Bertz CT molecular complexity index is 659. The molecule has 0 fully saturated rings. The second kappa shape index (κ2) is 25.1. The fourth-order valence-corrected chi connectivity index (χ4v) is 3.57. The van der Waals surface area contributed by atoms with Gasteiger partial charge >= 0.3 is 0 Å². The van der Waals surface area contributed by atoms with Crippen LogP contribution in [-0.2, 0) is 33.3 Å². The summed E-state index contributed by atoms with van der Waals surface area (Å²) in [5.74, 6) is 0.509. The predicted octanol–water partition coefficient (Wildman–Crippen LogP) is 1.68. The van der Waals surface area contributed by atoms with Gasteiger partial charge in [-0.1, -0.05) is 34.1 Å². The molecule has 0 aromatic heterocycles. The van der Waals surface area contributed by atoms with Gasteiger partial charge in [-0.3, -0.25) is 14.4 Å². The monoisotopic (exact) mass is 574 g/mol. The summed E-state index contributed by atoms with van der Waals surface area (Å²) in [6, 6.07) is 0.300. The molecule has 0 heterocycles. The standard InChI is InChI=1S/C29H58N4O7/c1-7-8-25(11-12-30-6)21-33-24(2)9-10-27(35)31-13-15-37-18-20-40-23-28(36)32-14-16-38-17-19-39-22-26(34)29(3,4)5/h24-25,30,33H,7-23H2,1-6H3,(H,31,35)(H,32,36). The quantitative estimate of drug-likeness (QED) is 0.108. The molecule has 0 saturated heterocycles. The molecule has 40 heavy (non-hydrogen) atoms. The smallest absolute Gasteiger partial charge is 0.246 e. The molecule has 0 aromatic rings. The molecule has 0 aliphatic carbocycles. The van der Waals surface area contributed by atoms with Crippen LogP contribution in [0.3, 0.4) is 0 Å². The maximum atomic E-state index is 12.1. The maximum Gasteiger partial charge on any atom is 0.246 e. The lowest BCUT2D eigenvalue weighted by molar-refractivity contribution is -0.131. The summed E-state index contributed by atoms with van der Waals surface area (Å²) in [5.41, 5.74) is -0.405. The van der Waals surface area contributed by atoms with Crippen molar-refractivity contribution in [3.8, 4) is 0 Å². The number of Topliss-reactive ketones (excluding diaryl/α,β-unsaturated/α-hetero) is 1. The van der Waals surface area contributed by atoms with E-state index in [9.17, 15) is 14.4 Å². The average Bonchev–Trinajstić information content (AvgIpc) is 2.91. The van der Waals surface area contributed by atoms with Crippen LogP contribution in [0.5, 0.6) is 0 Å². The number of hydrogen-bond acceptors (Lipinski definition) is 9. The van der Waals surface area contributed by atoms with E-state index in [1.165, 1.54) is 19.3 Å². The van der Waals surface area contributed by atoms with Crippen LogP contribution in [-0.4, -0.2) is 110 Å². The van der Waals surface area contributed by atoms with Gasteiger partial charge in [0.05, 0.1) is 39.6 Å². The Kier molecular flexibility index (Phi) is 24.1. The van der Waals surface area contributed by atoms with E-state index < -0.39 is 5.41 Å². The molecule has 2 atom stereocenters. The summed E-state index contributed by atoms with van der Waals surface area (Å²) in [5, 5.41) is 12.4. The fourth-order valence-electron chi connectivity index (χ4n) is 3.57. The molecule has 2 unspecified atom stereocenters. The van der Waals surface area contributed by atoms with Crippen molar-refractivity contribution in [3.63, 3.8) is 0 Å². The molecule has 2 amide bonds. The predicted molar refractivity (Wildman–Crippen MR) is 157 cm³/mol. The molecular formula is C29H58N4O7. The van der Waals surface area contributed by atoms with Crippen LogP contribution < -0.4 is 21.3 Å². The molecule has 236 valence electrons. The van der Waals surface area contributed by atoms with Crippen molar-refractivity contribution < 1.29 is 33.3 Å². The van der Waals surface area contributed by atoms with Crippen molar-refractivity contribution >= 4 is 17.6 Å². The highest BCUT2D eigenvalue weighted by molar-refractivity contribution is 5.84. The molecule has 4 N–H and O–H groups in total. The van der Waals surface area contributed by atoms with E-state index in [1.807, 2.05) is 27.8 Å². The minimum absolute atomic E-state index is 0.0256. The molecule has 0 rings (SSSR count). The van der Waals surface area contributed by atoms with Gasteiger partial charge in [0.1, 0.15) is 13.2 Å². The highest BCUT2D eigenvalue weighted by Crippen LogP contribution is 2.14. The van der Waals surface area contributed by atoms with Gasteiger partial charge in [0.15, 0.2) is 5.78 Å². The fraction of sp³-hybridized carbons (Fsp3) is 0.897. The van der Waals surface area contributed by atoms with Crippen molar-refractivity contribution in [1.29, 1.82) is 0 Å². The van der Waals surface area contributed by atoms with Crippen LogP contribution in [0.15, 0.2) is 0 Å². The molecule has 0 aliphatic heterocycles. The summed E-state index contributed by atoms with van der Waals surface area (Å²) in [4.78, 5) is 35.6. The van der Waals surface area contributed by atoms with E-state index >= 15 is 0 Å². The molecule has 11 heteroatoms. The zero-order valence-electron chi connectivity index (χ0n) is 26.0. The molecular weight excluding hydrogens is 516 g/mol. The Morgan fingerprint density at radius 2 is 1.30 bits per heavy atom. The molecule has 0 aromatic carbocycles. The van der Waals surface area contributed by atoms with E-state index in [0.29, 0.717) is 71.1 Å². The highest BCUT2D eigenvalue weighted by Gasteiger charge is 2.20. The second-order valence-corrected chi connectivity index (χ2v) is 11.1. The summed E-state index contributed by atoms with van der Waals surface area (Å²) in [6.07, 6.45) is 4.86. The lowest BCUT2D eigenvalue weighted by Crippen LogP contribution is -2.34. The van der Waals surface area contributed by atoms with Crippen molar-refractivity contribution in [2.75, 3.05) is 86.1 Å². The van der Waals surface area contributed by atoms with Crippen LogP contribution >= 0.6 is 0 Å². The van der Waals surface area contributed by atoms with Gasteiger partial charge in [-0.05, 0) is 52.2 Å². The third-order valence-electron chi connectivity index (χ3n) is 6.24. The third-order valence-corrected chi connectivity index (χ3v) is 6.24. The Balaban J connectivity index is 3.56. The average molecular weight is 575 g/mol. The second-order valence-electron chi connectivity index (χ2n) is 11.1. The Labute approximate surface area is 242 Å². The van der Waals surface area contributed by atoms with E-state index in [1.54, 1.807) is 0 Å². The zero-order valence-corrected chi connectivity index (χ0v) is 26.0. The van der Waals surface area contributed by atoms with Crippen LogP contribution in [0.2, 0.25) is 0 Å². The minimum Gasteiger partial charge on any atom is -0.377 e. The van der Waals surface area contributed by atoms with Gasteiger partial charge in [0.25, 0.3) is 0 Å². The van der Waals surface area contributed by atoms with Gasteiger partial charge in [0.2, 0.25) is 11.8 Å². The number of carbonyl (C=O) groups excluding carboxylic acids is 3. The largest absolute Gasteiger partial charge is 0.377 e. The van der Waals surface area contributed by atoms with E-state index in [-0.39, 0.29) is 30.8 Å². The Morgan fingerprint density at radius 1 is 0.725 bits per heavy atom. The summed E-state index contributed by atoms with van der Waals surface area (Å²) in [6.45, 7) is 14.8. The lowest BCUT2D eigenvalue weighted by Gasteiger charge is -2.20. The Morgan fingerprint density at radius 3 is 1.88 bits per heavy atom. The first kappa shape index (κ1) is 38.4. The van der Waals surface area contributed by atoms with Crippen LogP contribution in [0.4, 0.5) is 0 Å². The number of ether oxygens (including phenoxy) is 4. The topological polar surface area (TPSA) is 136 Å². The first-order valence-electron chi connectivity index (χ1n) is 14.9. The van der Waals surface area contributed by atoms with Gasteiger partial charge in [-0.2, -0.15) is 0 Å². The maximum absolute atomic E-state index is 12.1. The number of ketones is 1. The molecule has 0 aliphatic rings. The van der Waals surface area contributed by atoms with E-state index in [2.05, 4.69) is 35.1 Å². The van der Waals surface area contributed by atoms with Crippen molar-refractivity contribution in [2.24, 2.45) is 11.3 Å². The molecule has 0 spiro atoms. The zero-order chi connectivity index (χ0) is 30.1. The first-order chi connectivity index (χ1) is 19.1. The Hall–Kier alpha value is -1.63. The SMILES string of the molecule is CCCC(CCNC)CNC(C)CCC(=O)NCCOCCOCC(=O)NCCOCCOCC(=O)C(C)(C)C. The summed E-state index contributed by atoms with van der Waals surface area (Å²) in [7, 11) is 1.99. The van der Waals surface area contributed by atoms with Crippen LogP contribution in [0, 0.1) is 11.3 Å². The van der Waals surface area contributed by atoms with Crippen molar-refractivity contribution in [1.82, 2.24) is 21.3 Å². The third kappa shape index (κ3) is 24.2. The number of hydrogen-bond donors (Lipinski definition) is 4. The van der Waals surface area contributed by atoms with E-state index in [4.69, 9.17) is 18.9 Å². The molecule has 11 nitrogen and oxygen atoms in total. The van der Waals surface area contributed by atoms with Crippen molar-refractivity contribution in [3.05, 3.63) is 0 Å². The van der Waals surface area contributed by atoms with Gasteiger partial charge in [0, 0.05) is 31.0 Å². The molecule has 0 radical (unpaired) electrons. The van der Waals surface area contributed by atoms with Gasteiger partial charge in [-0.25, -0.2) is 0 Å². The van der Waals surface area contributed by atoms with Crippen molar-refractivity contribution in [2.45, 2.75) is 72.8 Å². The number of rotatable bonds is 27. The van der Waals surface area contributed by atoms with E-state index in [0.717, 1.165) is 19.5 Å². The normalized spacial score (nSPS) is 13.2. The number of nitrogens with one attached hydrogen (secondary N) is 4. The first-order valence-corrected chi connectivity index (χ1v) is 14.9. The summed E-state index contributed by atoms with van der Waals surface area (Å²) >= 11 is 0. The highest BCUT2D eigenvalue weighted by atomic mass is 16.5. The molecule has 0 bridgehead atoms. The lowest BCUT2D eigenvalue weighted by atomic mass is 9.91. The van der Waals surface area contributed by atoms with Crippen LogP contribution in [0.25, 0.3) is 0 Å². The summed E-state index contributed by atoms with van der Waals surface area (Å²) < 4.78 is 21.4. The number of carbonyl (C=O) groups is 3. The minimum atomic E-state index is -0.405. The van der Waals surface area contributed by atoms with Gasteiger partial charge < -0.3 is 40.2 Å². The molecule has 0 saturated carbocycles. The number of amides is 2. The van der Waals surface area contributed by atoms with Gasteiger partial charge in [-0.15, -0.1) is 0 Å². The van der Waals surface area contributed by atoms with Crippen LogP contribution in [0.1, 0.15) is 66.7 Å².